The molecule has 0 aliphatic rings. The number of carbonyl (C=O) groups excluding carboxylic acids is 1. The summed E-state index contributed by atoms with van der Waals surface area (Å²) in [6, 6.07) is 2.59. The van der Waals surface area contributed by atoms with Crippen molar-refractivity contribution in [1.29, 1.82) is 0 Å². The molecule has 1 rings (SSSR count). The van der Waals surface area contributed by atoms with Crippen molar-refractivity contribution in [2.45, 2.75) is 6.92 Å². The van der Waals surface area contributed by atoms with E-state index in [0.717, 1.165) is 0 Å². The standard InChI is InChI=1S/C8H9NO3/c1-4-6(10)3-2-5(7(4)11)8(9)12/h2-3,10-11H,1H3,(H2,9,12). The summed E-state index contributed by atoms with van der Waals surface area (Å²) in [7, 11) is 0. The van der Waals surface area contributed by atoms with Gasteiger partial charge in [-0.15, -0.1) is 0 Å². The molecule has 0 heterocycles. The van der Waals surface area contributed by atoms with Gasteiger partial charge in [-0.2, -0.15) is 0 Å². The number of aromatic hydroxyl groups is 2. The SMILES string of the molecule is Cc1c(O)ccc(C(N)=O)c1O. The molecule has 4 nitrogen and oxygen atoms in total. The maximum Gasteiger partial charge on any atom is 0.252 e. The minimum absolute atomic E-state index is 0.0188. The highest BCUT2D eigenvalue weighted by atomic mass is 16.3. The van der Waals surface area contributed by atoms with Crippen LogP contribution in [0.15, 0.2) is 12.1 Å². The van der Waals surface area contributed by atoms with Gasteiger partial charge in [0, 0.05) is 5.56 Å². The van der Waals surface area contributed by atoms with Crippen molar-refractivity contribution in [2.24, 2.45) is 5.73 Å². The second kappa shape index (κ2) is 2.73. The summed E-state index contributed by atoms with van der Waals surface area (Å²) in [5, 5.41) is 18.4. The van der Waals surface area contributed by atoms with E-state index in [2.05, 4.69) is 0 Å². The third-order valence-electron chi connectivity index (χ3n) is 1.67. The Balaban J connectivity index is 3.36. The van der Waals surface area contributed by atoms with Crippen LogP contribution in [0.25, 0.3) is 0 Å². The van der Waals surface area contributed by atoms with Crippen LogP contribution < -0.4 is 5.73 Å². The van der Waals surface area contributed by atoms with Crippen molar-refractivity contribution < 1.29 is 15.0 Å². The third-order valence-corrected chi connectivity index (χ3v) is 1.67. The molecular formula is C8H9NO3. The molecule has 1 aromatic rings. The molecule has 0 radical (unpaired) electrons. The summed E-state index contributed by atoms with van der Waals surface area (Å²) < 4.78 is 0. The van der Waals surface area contributed by atoms with Crippen molar-refractivity contribution in [3.63, 3.8) is 0 Å². The summed E-state index contributed by atoms with van der Waals surface area (Å²) in [5.74, 6) is -1.03. The first-order chi connectivity index (χ1) is 5.54. The van der Waals surface area contributed by atoms with Crippen LogP contribution in [0.2, 0.25) is 0 Å². The summed E-state index contributed by atoms with van der Waals surface area (Å²) >= 11 is 0. The monoisotopic (exact) mass is 167 g/mol. The zero-order chi connectivity index (χ0) is 9.30. The Labute approximate surface area is 69.3 Å². The normalized spacial score (nSPS) is 9.75. The summed E-state index contributed by atoms with van der Waals surface area (Å²) in [6.07, 6.45) is 0. The minimum atomic E-state index is -0.712. The number of nitrogens with two attached hydrogens (primary N) is 1. The molecule has 1 amide bonds. The number of primary amides is 1. The molecular weight excluding hydrogens is 158 g/mol. The smallest absolute Gasteiger partial charge is 0.252 e. The molecule has 1 aromatic carbocycles. The Bertz CT molecular complexity index is 333. The summed E-state index contributed by atoms with van der Waals surface area (Å²) in [6.45, 7) is 1.50. The van der Waals surface area contributed by atoms with Gasteiger partial charge in [-0.1, -0.05) is 0 Å². The van der Waals surface area contributed by atoms with Crippen molar-refractivity contribution in [3.8, 4) is 11.5 Å². The lowest BCUT2D eigenvalue weighted by atomic mass is 10.1. The molecule has 0 saturated heterocycles. The van der Waals surface area contributed by atoms with Gasteiger partial charge in [0.05, 0.1) is 5.56 Å². The molecule has 4 heteroatoms. The number of phenolic OH excluding ortho intramolecular Hbond substituents is 1. The van der Waals surface area contributed by atoms with Gasteiger partial charge in [0.2, 0.25) is 0 Å². The quantitative estimate of drug-likeness (QED) is 0.569. The second-order valence-electron chi connectivity index (χ2n) is 2.47. The molecule has 0 spiro atoms. The molecule has 4 N–H and O–H groups in total. The molecule has 0 aromatic heterocycles. The summed E-state index contributed by atoms with van der Waals surface area (Å²) in [4.78, 5) is 10.7. The lowest BCUT2D eigenvalue weighted by Crippen LogP contribution is -2.11. The van der Waals surface area contributed by atoms with Crippen LogP contribution in [0.3, 0.4) is 0 Å². The van der Waals surface area contributed by atoms with E-state index in [1.54, 1.807) is 0 Å². The number of carbonyl (C=O) groups is 1. The van der Waals surface area contributed by atoms with Gasteiger partial charge in [-0.05, 0) is 19.1 Å². The number of rotatable bonds is 1. The molecule has 0 aliphatic carbocycles. The Hall–Kier alpha value is -1.71. The minimum Gasteiger partial charge on any atom is -0.508 e. The van der Waals surface area contributed by atoms with Crippen LogP contribution in [-0.4, -0.2) is 16.1 Å². The van der Waals surface area contributed by atoms with Crippen LogP contribution in [-0.2, 0) is 0 Å². The van der Waals surface area contributed by atoms with Crippen LogP contribution in [0.5, 0.6) is 11.5 Å². The highest BCUT2D eigenvalue weighted by molar-refractivity contribution is 5.96. The van der Waals surface area contributed by atoms with Crippen LogP contribution >= 0.6 is 0 Å². The third kappa shape index (κ3) is 1.18. The number of amides is 1. The van der Waals surface area contributed by atoms with Crippen molar-refractivity contribution >= 4 is 5.91 Å². The molecule has 12 heavy (non-hydrogen) atoms. The van der Waals surface area contributed by atoms with Crippen molar-refractivity contribution in [3.05, 3.63) is 23.3 Å². The Morgan fingerprint density at radius 1 is 1.42 bits per heavy atom. The Kier molecular flexibility index (Phi) is 1.91. The predicted octanol–water partition coefficient (Wildman–Crippen LogP) is 0.505. The first-order valence-corrected chi connectivity index (χ1v) is 3.35. The van der Waals surface area contributed by atoms with Gasteiger partial charge in [0.25, 0.3) is 5.91 Å². The summed E-state index contributed by atoms with van der Waals surface area (Å²) in [5.41, 5.74) is 5.23. The van der Waals surface area contributed by atoms with Gasteiger partial charge >= 0.3 is 0 Å². The van der Waals surface area contributed by atoms with E-state index in [1.165, 1.54) is 19.1 Å². The molecule has 0 saturated carbocycles. The van der Waals surface area contributed by atoms with E-state index in [0.29, 0.717) is 0 Å². The van der Waals surface area contributed by atoms with E-state index in [1.807, 2.05) is 0 Å². The fourth-order valence-electron chi connectivity index (χ4n) is 0.888. The van der Waals surface area contributed by atoms with E-state index in [4.69, 9.17) is 10.8 Å². The van der Waals surface area contributed by atoms with Gasteiger partial charge in [0.15, 0.2) is 0 Å². The molecule has 0 bridgehead atoms. The van der Waals surface area contributed by atoms with Crippen molar-refractivity contribution in [2.75, 3.05) is 0 Å². The number of hydrogen-bond acceptors (Lipinski definition) is 3. The number of phenols is 2. The van der Waals surface area contributed by atoms with Crippen LogP contribution in [0.4, 0.5) is 0 Å². The zero-order valence-corrected chi connectivity index (χ0v) is 6.53. The largest absolute Gasteiger partial charge is 0.508 e. The fraction of sp³-hybridized carbons (Fsp3) is 0.125. The van der Waals surface area contributed by atoms with E-state index in [-0.39, 0.29) is 22.6 Å². The Morgan fingerprint density at radius 3 is 2.50 bits per heavy atom. The van der Waals surface area contributed by atoms with E-state index < -0.39 is 5.91 Å². The maximum atomic E-state index is 10.7. The fourth-order valence-corrected chi connectivity index (χ4v) is 0.888. The molecule has 0 atom stereocenters. The van der Waals surface area contributed by atoms with E-state index >= 15 is 0 Å². The highest BCUT2D eigenvalue weighted by Gasteiger charge is 2.11. The van der Waals surface area contributed by atoms with Crippen LogP contribution in [0, 0.1) is 6.92 Å². The number of benzene rings is 1. The predicted molar refractivity (Wildman–Crippen MR) is 43.0 cm³/mol. The lowest BCUT2D eigenvalue weighted by Gasteiger charge is -2.04. The topological polar surface area (TPSA) is 83.5 Å². The second-order valence-corrected chi connectivity index (χ2v) is 2.47. The maximum absolute atomic E-state index is 10.7. The zero-order valence-electron chi connectivity index (χ0n) is 6.53. The average Bonchev–Trinajstić information content (AvgIpc) is 2.00. The van der Waals surface area contributed by atoms with Gasteiger partial charge in [-0.25, -0.2) is 0 Å². The van der Waals surface area contributed by atoms with Crippen LogP contribution in [0.1, 0.15) is 15.9 Å². The van der Waals surface area contributed by atoms with E-state index in [9.17, 15) is 9.90 Å². The van der Waals surface area contributed by atoms with Gasteiger partial charge in [0.1, 0.15) is 11.5 Å². The molecule has 0 aliphatic heterocycles. The lowest BCUT2D eigenvalue weighted by molar-refractivity contribution is 0.0997. The van der Waals surface area contributed by atoms with Crippen molar-refractivity contribution in [1.82, 2.24) is 0 Å². The molecule has 64 valence electrons. The molecule has 0 unspecified atom stereocenters. The van der Waals surface area contributed by atoms with Gasteiger partial charge < -0.3 is 15.9 Å². The number of hydrogen-bond donors (Lipinski definition) is 3. The first-order valence-electron chi connectivity index (χ1n) is 3.35. The first kappa shape index (κ1) is 8.39. The highest BCUT2D eigenvalue weighted by Crippen LogP contribution is 2.28. The van der Waals surface area contributed by atoms with Gasteiger partial charge in [-0.3, -0.25) is 4.79 Å². The Morgan fingerprint density at radius 2 is 2.00 bits per heavy atom. The average molecular weight is 167 g/mol. The molecule has 0 fully saturated rings.